The molecule has 1 rings (SSSR count). The fourth-order valence-electron chi connectivity index (χ4n) is 3.30. The average Bonchev–Trinajstić information content (AvgIpc) is 2.45. The van der Waals surface area contributed by atoms with Crippen LogP contribution in [0.5, 0.6) is 0 Å². The SMILES string of the molecule is CCC(C)C1C(C)N(C(=O)/C=C/CN(C)C)CCN1CC. The number of carbonyl (C=O) groups is 1. The molecular weight excluding hydrogens is 262 g/mol. The van der Waals surface area contributed by atoms with Crippen LogP contribution in [0, 0.1) is 5.92 Å². The molecule has 1 heterocycles. The van der Waals surface area contributed by atoms with Gasteiger partial charge in [0.15, 0.2) is 0 Å². The summed E-state index contributed by atoms with van der Waals surface area (Å²) in [4.78, 5) is 19.1. The van der Waals surface area contributed by atoms with Crippen LogP contribution >= 0.6 is 0 Å². The highest BCUT2D eigenvalue weighted by molar-refractivity contribution is 5.88. The zero-order valence-electron chi connectivity index (χ0n) is 14.7. The van der Waals surface area contributed by atoms with E-state index >= 15 is 0 Å². The van der Waals surface area contributed by atoms with E-state index in [0.29, 0.717) is 12.0 Å². The molecule has 0 aromatic rings. The van der Waals surface area contributed by atoms with Gasteiger partial charge in [0.25, 0.3) is 0 Å². The molecule has 3 atom stereocenters. The summed E-state index contributed by atoms with van der Waals surface area (Å²) < 4.78 is 0. The molecule has 1 aliphatic heterocycles. The number of hydrogen-bond donors (Lipinski definition) is 0. The predicted molar refractivity (Wildman–Crippen MR) is 89.4 cm³/mol. The van der Waals surface area contributed by atoms with Crippen LogP contribution in [0.4, 0.5) is 0 Å². The molecule has 0 N–H and O–H groups in total. The molecule has 0 spiro atoms. The van der Waals surface area contributed by atoms with E-state index < -0.39 is 0 Å². The molecule has 1 aliphatic rings. The number of carbonyl (C=O) groups excluding carboxylic acids is 1. The smallest absolute Gasteiger partial charge is 0.246 e. The van der Waals surface area contributed by atoms with Crippen molar-refractivity contribution in [2.75, 3.05) is 40.3 Å². The summed E-state index contributed by atoms with van der Waals surface area (Å²) in [6.45, 7) is 12.7. The van der Waals surface area contributed by atoms with Crippen molar-refractivity contribution in [1.29, 1.82) is 0 Å². The van der Waals surface area contributed by atoms with Crippen molar-refractivity contribution in [3.05, 3.63) is 12.2 Å². The van der Waals surface area contributed by atoms with Crippen LogP contribution < -0.4 is 0 Å². The van der Waals surface area contributed by atoms with E-state index in [2.05, 4.69) is 42.4 Å². The second-order valence-corrected chi connectivity index (χ2v) is 6.44. The van der Waals surface area contributed by atoms with Crippen molar-refractivity contribution in [3.63, 3.8) is 0 Å². The first kappa shape index (κ1) is 18.2. The van der Waals surface area contributed by atoms with E-state index in [1.807, 2.05) is 20.2 Å². The minimum absolute atomic E-state index is 0.161. The average molecular weight is 295 g/mol. The maximum atomic E-state index is 12.4. The van der Waals surface area contributed by atoms with Gasteiger partial charge in [0.1, 0.15) is 0 Å². The molecule has 21 heavy (non-hydrogen) atoms. The third-order valence-electron chi connectivity index (χ3n) is 4.68. The second-order valence-electron chi connectivity index (χ2n) is 6.44. The number of nitrogens with zero attached hydrogens (tertiary/aromatic N) is 3. The Labute approximate surface area is 130 Å². The van der Waals surface area contributed by atoms with Crippen molar-refractivity contribution < 1.29 is 4.79 Å². The maximum absolute atomic E-state index is 12.4. The van der Waals surface area contributed by atoms with Crippen LogP contribution in [0.2, 0.25) is 0 Å². The Morgan fingerprint density at radius 1 is 1.33 bits per heavy atom. The van der Waals surface area contributed by atoms with Crippen molar-refractivity contribution in [2.45, 2.75) is 46.2 Å². The summed E-state index contributed by atoms with van der Waals surface area (Å²) in [7, 11) is 4.02. The molecule has 4 nitrogen and oxygen atoms in total. The van der Waals surface area contributed by atoms with Crippen LogP contribution in [-0.2, 0) is 4.79 Å². The first-order valence-electron chi connectivity index (χ1n) is 8.28. The zero-order chi connectivity index (χ0) is 16.0. The number of likely N-dealkylation sites (N-methyl/N-ethyl adjacent to an activating group) is 2. The van der Waals surface area contributed by atoms with E-state index in [9.17, 15) is 4.79 Å². The predicted octanol–water partition coefficient (Wildman–Crippen LogP) is 2.07. The largest absolute Gasteiger partial charge is 0.334 e. The molecular formula is C17H33N3O. The summed E-state index contributed by atoms with van der Waals surface area (Å²) in [5.41, 5.74) is 0. The molecule has 0 aromatic heterocycles. The van der Waals surface area contributed by atoms with Gasteiger partial charge in [-0.2, -0.15) is 0 Å². The minimum atomic E-state index is 0.161. The lowest BCUT2D eigenvalue weighted by molar-refractivity contribution is -0.133. The number of amides is 1. The molecule has 0 radical (unpaired) electrons. The van der Waals surface area contributed by atoms with Crippen LogP contribution in [-0.4, -0.2) is 73.0 Å². The van der Waals surface area contributed by atoms with Gasteiger partial charge in [0, 0.05) is 37.8 Å². The van der Waals surface area contributed by atoms with Gasteiger partial charge in [-0.05, 0) is 33.5 Å². The monoisotopic (exact) mass is 295 g/mol. The Bertz CT molecular complexity index is 354. The third kappa shape index (κ3) is 4.82. The van der Waals surface area contributed by atoms with E-state index in [-0.39, 0.29) is 11.9 Å². The number of rotatable bonds is 6. The molecule has 4 heteroatoms. The van der Waals surface area contributed by atoms with E-state index in [1.165, 1.54) is 0 Å². The van der Waals surface area contributed by atoms with E-state index in [4.69, 9.17) is 0 Å². The Morgan fingerprint density at radius 2 is 2.00 bits per heavy atom. The molecule has 0 bridgehead atoms. The van der Waals surface area contributed by atoms with Gasteiger partial charge in [-0.1, -0.05) is 33.3 Å². The lowest BCUT2D eigenvalue weighted by atomic mass is 9.89. The lowest BCUT2D eigenvalue weighted by Crippen LogP contribution is -2.61. The summed E-state index contributed by atoms with van der Waals surface area (Å²) in [5, 5.41) is 0. The van der Waals surface area contributed by atoms with Crippen molar-refractivity contribution in [2.24, 2.45) is 5.92 Å². The summed E-state index contributed by atoms with van der Waals surface area (Å²) in [6, 6.07) is 0.755. The topological polar surface area (TPSA) is 26.8 Å². The highest BCUT2D eigenvalue weighted by Gasteiger charge is 2.36. The van der Waals surface area contributed by atoms with Crippen LogP contribution in [0.1, 0.15) is 34.1 Å². The molecule has 122 valence electrons. The van der Waals surface area contributed by atoms with Crippen molar-refractivity contribution >= 4 is 5.91 Å². The van der Waals surface area contributed by atoms with E-state index in [0.717, 1.165) is 32.6 Å². The fourth-order valence-corrected chi connectivity index (χ4v) is 3.30. The van der Waals surface area contributed by atoms with Crippen LogP contribution in [0.15, 0.2) is 12.2 Å². The van der Waals surface area contributed by atoms with Gasteiger partial charge in [-0.15, -0.1) is 0 Å². The van der Waals surface area contributed by atoms with Gasteiger partial charge in [0.05, 0.1) is 0 Å². The Balaban J connectivity index is 2.76. The highest BCUT2D eigenvalue weighted by atomic mass is 16.2. The summed E-state index contributed by atoms with van der Waals surface area (Å²) >= 11 is 0. The third-order valence-corrected chi connectivity index (χ3v) is 4.68. The molecule has 0 aliphatic carbocycles. The fraction of sp³-hybridized carbons (Fsp3) is 0.824. The summed E-state index contributed by atoms with van der Waals surface area (Å²) in [6.07, 6.45) is 4.86. The van der Waals surface area contributed by atoms with Gasteiger partial charge in [0.2, 0.25) is 5.91 Å². The summed E-state index contributed by atoms with van der Waals surface area (Å²) in [5.74, 6) is 0.773. The standard InChI is InChI=1S/C17H33N3O/c1-7-14(3)17-15(4)20(13-12-19(17)8-2)16(21)10-9-11-18(5)6/h9-10,14-15,17H,7-8,11-13H2,1-6H3/b10-9+. The van der Waals surface area contributed by atoms with Gasteiger partial charge in [-0.3, -0.25) is 9.69 Å². The minimum Gasteiger partial charge on any atom is -0.334 e. The maximum Gasteiger partial charge on any atom is 0.246 e. The Kier molecular flexibility index (Phi) is 7.40. The van der Waals surface area contributed by atoms with Gasteiger partial charge < -0.3 is 9.80 Å². The van der Waals surface area contributed by atoms with Gasteiger partial charge >= 0.3 is 0 Å². The first-order chi connectivity index (χ1) is 9.92. The number of piperazine rings is 1. The molecule has 1 fully saturated rings. The quantitative estimate of drug-likeness (QED) is 0.702. The molecule has 0 saturated carbocycles. The highest BCUT2D eigenvalue weighted by Crippen LogP contribution is 2.25. The number of hydrogen-bond acceptors (Lipinski definition) is 3. The normalized spacial score (nSPS) is 25.8. The molecule has 1 amide bonds. The van der Waals surface area contributed by atoms with Crippen LogP contribution in [0.25, 0.3) is 0 Å². The Hall–Kier alpha value is -0.870. The lowest BCUT2D eigenvalue weighted by Gasteiger charge is -2.48. The molecule has 1 saturated heterocycles. The van der Waals surface area contributed by atoms with E-state index in [1.54, 1.807) is 6.08 Å². The first-order valence-corrected chi connectivity index (χ1v) is 8.28. The molecule has 0 aromatic carbocycles. The van der Waals surface area contributed by atoms with Crippen molar-refractivity contribution in [3.8, 4) is 0 Å². The van der Waals surface area contributed by atoms with Crippen LogP contribution in [0.3, 0.4) is 0 Å². The van der Waals surface area contributed by atoms with Gasteiger partial charge in [-0.25, -0.2) is 0 Å². The zero-order valence-corrected chi connectivity index (χ0v) is 14.7. The molecule has 3 unspecified atom stereocenters. The second kappa shape index (κ2) is 8.54. The Morgan fingerprint density at radius 3 is 2.52 bits per heavy atom. The van der Waals surface area contributed by atoms with Crippen molar-refractivity contribution in [1.82, 2.24) is 14.7 Å².